The van der Waals surface area contributed by atoms with Gasteiger partial charge in [-0.2, -0.15) is 26.3 Å². The topological polar surface area (TPSA) is 133 Å². The largest absolute Gasteiger partial charge is 0.741 e. The van der Waals surface area contributed by atoms with Crippen LogP contribution in [0, 0.1) is 0 Å². The normalized spacial score (nSPS) is 15.6. The first-order chi connectivity index (χ1) is 23.8. The summed E-state index contributed by atoms with van der Waals surface area (Å²) in [5.41, 5.74) is -11.3. The van der Waals surface area contributed by atoms with Gasteiger partial charge in [-0.05, 0) is 69.0 Å². The number of rotatable bonds is 5. The second-order valence-electron chi connectivity index (χ2n) is 10.9. The molecule has 6 rings (SSSR count). The highest BCUT2D eigenvalue weighted by Crippen LogP contribution is 2.36. The minimum absolute atomic E-state index is 0.467. The molecule has 0 spiro atoms. The van der Waals surface area contributed by atoms with Gasteiger partial charge in [0.15, 0.2) is 30.0 Å². The van der Waals surface area contributed by atoms with Gasteiger partial charge in [-0.25, -0.2) is 16.8 Å². The van der Waals surface area contributed by atoms with E-state index < -0.39 is 31.3 Å². The van der Waals surface area contributed by atoms with Gasteiger partial charge in [0.2, 0.25) is 0 Å². The molecule has 0 saturated carbocycles. The molecule has 0 amide bonds. The highest BCUT2D eigenvalue weighted by Gasteiger charge is 2.37. The molecular weight excluding hydrogens is 767 g/mol. The van der Waals surface area contributed by atoms with E-state index in [1.54, 1.807) is 16.9 Å². The zero-order chi connectivity index (χ0) is 38.0. The predicted octanol–water partition coefficient (Wildman–Crippen LogP) is 7.73. The summed E-state index contributed by atoms with van der Waals surface area (Å²) in [5, 5.41) is 5.31. The van der Waals surface area contributed by atoms with Crippen molar-refractivity contribution in [2.45, 2.75) is 53.4 Å². The Labute approximate surface area is 298 Å². The molecule has 18 heteroatoms. The van der Waals surface area contributed by atoms with Gasteiger partial charge in [0.05, 0.1) is 13.7 Å². The van der Waals surface area contributed by atoms with Gasteiger partial charge in [-0.15, -0.1) is 0 Å². The smallest absolute Gasteiger partial charge is 0.485 e. The van der Waals surface area contributed by atoms with Gasteiger partial charge in [0, 0.05) is 43.3 Å². The number of alkyl halides is 6. The molecule has 0 N–H and O–H groups in total. The molecule has 4 aromatic carbocycles. The molecule has 2 aliphatic rings. The van der Waals surface area contributed by atoms with Crippen LogP contribution in [0.25, 0.3) is 21.5 Å². The molecule has 0 unspecified atom stereocenters. The minimum Gasteiger partial charge on any atom is -0.741 e. The highest BCUT2D eigenvalue weighted by atomic mass is 32.2. The molecule has 0 atom stereocenters. The molecule has 0 bridgehead atoms. The summed E-state index contributed by atoms with van der Waals surface area (Å²) in [6.07, 6.45) is 5.57. The minimum atomic E-state index is -6.09. The molecule has 0 aliphatic carbocycles. The lowest BCUT2D eigenvalue weighted by atomic mass is 10.1. The summed E-state index contributed by atoms with van der Waals surface area (Å²) in [6.45, 7) is 2.77. The van der Waals surface area contributed by atoms with E-state index in [-0.39, 0.29) is 0 Å². The van der Waals surface area contributed by atoms with Crippen LogP contribution in [-0.2, 0) is 42.0 Å². The maximum Gasteiger partial charge on any atom is 0.485 e. The lowest BCUT2D eigenvalue weighted by Gasteiger charge is -2.10. The molecule has 51 heavy (non-hydrogen) atoms. The summed E-state index contributed by atoms with van der Waals surface area (Å²) >= 11 is 0. The molecule has 0 radical (unpaired) electrons. The number of methoxy groups -OCH3 is 1. The van der Waals surface area contributed by atoms with Crippen molar-refractivity contribution in [3.05, 3.63) is 72.8 Å². The van der Waals surface area contributed by atoms with Crippen molar-refractivity contribution in [1.29, 1.82) is 0 Å². The Morgan fingerprint density at radius 3 is 1.22 bits per heavy atom. The maximum absolute atomic E-state index is 10.7. The van der Waals surface area contributed by atoms with Gasteiger partial charge in [0.25, 0.3) is 0 Å². The van der Waals surface area contributed by atoms with Gasteiger partial charge in [-0.3, -0.25) is 0 Å². The van der Waals surface area contributed by atoms with Crippen LogP contribution >= 0.6 is 0 Å². The van der Waals surface area contributed by atoms with Crippen LogP contribution in [0.2, 0.25) is 0 Å². The van der Waals surface area contributed by atoms with E-state index in [9.17, 15) is 26.3 Å². The first-order valence-electron chi connectivity index (χ1n) is 15.4. The van der Waals surface area contributed by atoms with Crippen molar-refractivity contribution >= 4 is 63.6 Å². The summed E-state index contributed by atoms with van der Waals surface area (Å²) < 4.78 is 129. The van der Waals surface area contributed by atoms with Crippen molar-refractivity contribution in [2.24, 2.45) is 0 Å². The van der Waals surface area contributed by atoms with E-state index in [4.69, 9.17) is 35.4 Å². The van der Waals surface area contributed by atoms with E-state index in [1.165, 1.54) is 70.2 Å². The third-order valence-electron chi connectivity index (χ3n) is 7.46. The Bertz CT molecular complexity index is 1920. The Balaban J connectivity index is 0.000000197. The Morgan fingerprint density at radius 1 is 0.588 bits per heavy atom. The zero-order valence-electron chi connectivity index (χ0n) is 27.5. The van der Waals surface area contributed by atoms with E-state index in [0.717, 1.165) is 18.1 Å². The van der Waals surface area contributed by atoms with E-state index in [1.807, 2.05) is 6.92 Å². The third kappa shape index (κ3) is 11.8. The second kappa shape index (κ2) is 18.2. The van der Waals surface area contributed by atoms with Crippen LogP contribution in [-0.4, -0.2) is 73.7 Å². The molecule has 2 fully saturated rings. The Kier molecular flexibility index (Phi) is 15.2. The lowest BCUT2D eigenvalue weighted by Crippen LogP contribution is -2.21. The molecule has 2 aliphatic heterocycles. The van der Waals surface area contributed by atoms with Crippen LogP contribution in [0.1, 0.15) is 32.6 Å². The molecule has 282 valence electrons. The fourth-order valence-electron chi connectivity index (χ4n) is 5.20. The van der Waals surface area contributed by atoms with Crippen molar-refractivity contribution in [3.63, 3.8) is 0 Å². The van der Waals surface area contributed by atoms with Crippen LogP contribution < -0.4 is 9.47 Å². The number of hydrogen-bond donors (Lipinski definition) is 0. The lowest BCUT2D eigenvalue weighted by molar-refractivity contribution is -0.0522. The monoisotopic (exact) mass is 802 g/mol. The van der Waals surface area contributed by atoms with Crippen molar-refractivity contribution in [3.8, 4) is 11.5 Å². The fourth-order valence-corrected chi connectivity index (χ4v) is 10.2. The number of ether oxygens (including phenoxy) is 2. The van der Waals surface area contributed by atoms with Gasteiger partial charge >= 0.3 is 11.0 Å². The molecule has 8 nitrogen and oxygen atoms in total. The number of benzene rings is 4. The summed E-state index contributed by atoms with van der Waals surface area (Å²) in [5.74, 6) is 7.51. The third-order valence-corrected chi connectivity index (χ3v) is 13.7. The molecular formula is C33H36F6O8S4. The number of hydrogen-bond acceptors (Lipinski definition) is 8. The Morgan fingerprint density at radius 2 is 0.902 bits per heavy atom. The SMILES string of the molecule is CCOc1ccc([S+]2CCCC2)c2ccccc12.COc1ccc([S+]2CCCC2)c2ccccc12.O=S(=O)([O-])C(F)(F)F.O=S(=O)([O-])C(F)(F)F. The van der Waals surface area contributed by atoms with Gasteiger partial charge < -0.3 is 18.6 Å². The molecule has 0 aromatic heterocycles. The molecule has 4 aromatic rings. The van der Waals surface area contributed by atoms with E-state index in [0.29, 0.717) is 21.8 Å². The Hall–Kier alpha value is -2.90. The van der Waals surface area contributed by atoms with Crippen LogP contribution in [0.3, 0.4) is 0 Å². The van der Waals surface area contributed by atoms with Crippen LogP contribution in [0.4, 0.5) is 26.3 Å². The molecule has 2 saturated heterocycles. The maximum atomic E-state index is 10.7. The van der Waals surface area contributed by atoms with Gasteiger partial charge in [-0.1, -0.05) is 36.4 Å². The average Bonchev–Trinajstić information content (AvgIpc) is 3.79. The standard InChI is InChI=1S/C16H19OS.C15H17OS.2CHF3O3S/c1-2-17-15-9-10-16(18-11-5-6-12-18)14-8-4-3-7-13(14)15;1-16-14-8-9-15(17-10-4-5-11-17)13-7-3-2-6-12(13)14;2*2-1(3,4)8(5,6)7/h3-4,7-10H,2,5-6,11-12H2,1H3;2-3,6-9H,4-5,10-11H2,1H3;2*(H,5,6,7)/q2*+1;;/p-2. The highest BCUT2D eigenvalue weighted by molar-refractivity contribution is 7.97. The average molecular weight is 803 g/mol. The first-order valence-corrected chi connectivity index (χ1v) is 21.3. The second-order valence-corrected chi connectivity index (χ2v) is 18.1. The predicted molar refractivity (Wildman–Crippen MR) is 186 cm³/mol. The van der Waals surface area contributed by atoms with Crippen molar-refractivity contribution in [1.82, 2.24) is 0 Å². The van der Waals surface area contributed by atoms with Crippen LogP contribution in [0.5, 0.6) is 11.5 Å². The zero-order valence-corrected chi connectivity index (χ0v) is 30.7. The van der Waals surface area contributed by atoms with Crippen molar-refractivity contribution in [2.75, 3.05) is 36.7 Å². The number of halogens is 6. The quantitative estimate of drug-likeness (QED) is 0.0867. The van der Waals surface area contributed by atoms with Crippen LogP contribution in [0.15, 0.2) is 82.6 Å². The van der Waals surface area contributed by atoms with E-state index >= 15 is 0 Å². The summed E-state index contributed by atoms with van der Waals surface area (Å²) in [7, 11) is -9.50. The first kappa shape index (κ1) is 42.5. The molecule has 2 heterocycles. The van der Waals surface area contributed by atoms with E-state index in [2.05, 4.69) is 72.8 Å². The van der Waals surface area contributed by atoms with Crippen molar-refractivity contribution < 1.29 is 61.8 Å². The fraction of sp³-hybridized carbons (Fsp3) is 0.394. The number of fused-ring (bicyclic) bond motifs is 2. The van der Waals surface area contributed by atoms with Gasteiger partial charge in [0.1, 0.15) is 34.5 Å². The summed E-state index contributed by atoms with van der Waals surface area (Å²) in [4.78, 5) is 3.09. The summed E-state index contributed by atoms with van der Waals surface area (Å²) in [6, 6.07) is 26.1.